The van der Waals surface area contributed by atoms with E-state index < -0.39 is 75.5 Å². The lowest BCUT2D eigenvalue weighted by molar-refractivity contribution is -0.146. The Kier molecular flexibility index (Phi) is 14.9. The summed E-state index contributed by atoms with van der Waals surface area (Å²) in [5, 5.41) is 2.73. The van der Waals surface area contributed by atoms with Crippen LogP contribution in [0.25, 0.3) is 32.3 Å². The van der Waals surface area contributed by atoms with Gasteiger partial charge in [0.05, 0.1) is 0 Å². The van der Waals surface area contributed by atoms with E-state index in [4.69, 9.17) is 42.6 Å². The largest absolute Gasteiger partial charge is 0.482 e. The summed E-state index contributed by atoms with van der Waals surface area (Å²) in [4.78, 5) is 72.2. The Morgan fingerprint density at radius 2 is 0.561 bits per heavy atom. The summed E-state index contributed by atoms with van der Waals surface area (Å²) in [6.07, 6.45) is 6.08. The van der Waals surface area contributed by atoms with Crippen LogP contribution in [0.2, 0.25) is 0 Å². The van der Waals surface area contributed by atoms with E-state index in [1.54, 1.807) is 36.4 Å². The van der Waals surface area contributed by atoms with Gasteiger partial charge in [0.15, 0.2) is 71.7 Å². The van der Waals surface area contributed by atoms with Gasteiger partial charge in [-0.2, -0.15) is 0 Å². The number of carbonyl (C=O) groups is 6. The van der Waals surface area contributed by atoms with Crippen LogP contribution in [0.4, 0.5) is 0 Å². The van der Waals surface area contributed by atoms with Crippen molar-refractivity contribution >= 4 is 67.6 Å². The topological polar surface area (TPSA) is 185 Å². The lowest BCUT2D eigenvalue weighted by atomic mass is 9.93. The first-order valence-electron chi connectivity index (χ1n) is 16.6. The number of carbonyl (C=O) groups excluding carboxylic acids is 6. The molecule has 4 aromatic rings. The SMILES string of the molecule is C=CC(=O)COc1cc2c(cc1OCOC(=O)C=C)c1cc(OCOC(=O)C=C)c(OCOC(=O)C=C)cc1c1cc(OCC(=O)C=C)c(OCC(=O)C=C)cc21. The zero-order valence-corrected chi connectivity index (χ0v) is 30.5. The molecule has 15 nitrogen and oxygen atoms in total. The Hall–Kier alpha value is -7.68. The highest BCUT2D eigenvalue weighted by Gasteiger charge is 2.22. The third-order valence-electron chi connectivity index (χ3n) is 7.66. The fraction of sp³-hybridized carbons (Fsp3) is 0.143. The van der Waals surface area contributed by atoms with Crippen molar-refractivity contribution in [3.63, 3.8) is 0 Å². The van der Waals surface area contributed by atoms with Crippen molar-refractivity contribution in [3.05, 3.63) is 112 Å². The van der Waals surface area contributed by atoms with E-state index in [0.29, 0.717) is 32.3 Å². The minimum absolute atomic E-state index is 0.0184. The normalized spacial score (nSPS) is 10.3. The molecular formula is C42H36O15. The van der Waals surface area contributed by atoms with Crippen molar-refractivity contribution in [3.8, 4) is 34.5 Å². The Morgan fingerprint density at radius 3 is 0.754 bits per heavy atom. The van der Waals surface area contributed by atoms with Gasteiger partial charge in [-0.1, -0.05) is 39.5 Å². The van der Waals surface area contributed by atoms with E-state index >= 15 is 0 Å². The molecule has 0 aliphatic rings. The number of ether oxygens (including phenoxy) is 9. The van der Waals surface area contributed by atoms with Crippen LogP contribution in [0.5, 0.6) is 34.5 Å². The van der Waals surface area contributed by atoms with Crippen molar-refractivity contribution in [2.24, 2.45) is 0 Å². The highest BCUT2D eigenvalue weighted by Crippen LogP contribution is 2.47. The summed E-state index contributed by atoms with van der Waals surface area (Å²) in [7, 11) is 0. The Labute approximate surface area is 325 Å². The molecule has 0 amide bonds. The highest BCUT2D eigenvalue weighted by atomic mass is 16.7. The van der Waals surface area contributed by atoms with Gasteiger partial charge >= 0.3 is 17.9 Å². The van der Waals surface area contributed by atoms with E-state index in [1.165, 1.54) is 0 Å². The smallest absolute Gasteiger partial charge is 0.333 e. The molecule has 294 valence electrons. The van der Waals surface area contributed by atoms with E-state index in [0.717, 1.165) is 36.5 Å². The molecule has 0 atom stereocenters. The first-order valence-corrected chi connectivity index (χ1v) is 16.6. The van der Waals surface area contributed by atoms with Crippen LogP contribution in [0.3, 0.4) is 0 Å². The van der Waals surface area contributed by atoms with Crippen LogP contribution in [0.1, 0.15) is 0 Å². The molecule has 0 radical (unpaired) electrons. The number of ketones is 3. The maximum Gasteiger partial charge on any atom is 0.333 e. The quantitative estimate of drug-likeness (QED) is 0.0275. The van der Waals surface area contributed by atoms with E-state index in [9.17, 15) is 28.8 Å². The van der Waals surface area contributed by atoms with Crippen LogP contribution in [-0.4, -0.2) is 75.5 Å². The average molecular weight is 781 g/mol. The fourth-order valence-electron chi connectivity index (χ4n) is 4.95. The zero-order chi connectivity index (χ0) is 41.5. The van der Waals surface area contributed by atoms with Gasteiger partial charge in [-0.25, -0.2) is 14.4 Å². The van der Waals surface area contributed by atoms with Gasteiger partial charge in [0, 0.05) is 18.2 Å². The van der Waals surface area contributed by atoms with Gasteiger partial charge < -0.3 is 42.6 Å². The third-order valence-corrected chi connectivity index (χ3v) is 7.66. The number of hydrogen-bond donors (Lipinski definition) is 0. The van der Waals surface area contributed by atoms with Crippen LogP contribution in [0.15, 0.2) is 112 Å². The number of benzene rings is 4. The summed E-state index contributed by atoms with van der Waals surface area (Å²) in [6.45, 7) is 17.5. The van der Waals surface area contributed by atoms with Crippen LogP contribution < -0.4 is 28.4 Å². The average Bonchev–Trinajstić information content (AvgIpc) is 3.23. The molecule has 57 heavy (non-hydrogen) atoms. The van der Waals surface area contributed by atoms with E-state index in [1.807, 2.05) is 0 Å². The molecule has 0 bridgehead atoms. The second-order valence-electron chi connectivity index (χ2n) is 11.2. The van der Waals surface area contributed by atoms with E-state index in [2.05, 4.69) is 39.5 Å². The fourth-order valence-corrected chi connectivity index (χ4v) is 4.95. The maximum atomic E-state index is 12.2. The Morgan fingerprint density at radius 1 is 0.351 bits per heavy atom. The molecule has 0 unspecified atom stereocenters. The van der Waals surface area contributed by atoms with Gasteiger partial charge in [0.25, 0.3) is 0 Å². The number of rotatable bonds is 24. The third kappa shape index (κ3) is 10.9. The lowest BCUT2D eigenvalue weighted by Gasteiger charge is -2.20. The summed E-state index contributed by atoms with van der Waals surface area (Å²) < 4.78 is 50.1. The standard InChI is InChI=1S/C42H36O15/c1-7-25(43)19-49-34-13-28-29(14-35(34)50-20-26(44)8-2)32-17-38(53-23-56-41(47)11-5)39(54-24-57-42(48)12-6)18-33(32)31-16-37(52-22-55-40(46)10-4)36(15-30(28)31)51-21-27(45)9-3/h7-18H,1-6,19-24H2. The second kappa shape index (κ2) is 20.1. The summed E-state index contributed by atoms with van der Waals surface area (Å²) in [6, 6.07) is 9.33. The van der Waals surface area contributed by atoms with Crippen molar-refractivity contribution in [1.82, 2.24) is 0 Å². The molecule has 0 saturated heterocycles. The molecule has 4 rings (SSSR count). The first kappa shape index (κ1) is 42.1. The predicted molar refractivity (Wildman–Crippen MR) is 206 cm³/mol. The minimum Gasteiger partial charge on any atom is -0.482 e. The van der Waals surface area contributed by atoms with Crippen molar-refractivity contribution < 1.29 is 71.4 Å². The molecule has 0 spiro atoms. The maximum absolute atomic E-state index is 12.2. The molecule has 0 aliphatic carbocycles. The monoisotopic (exact) mass is 780 g/mol. The molecule has 4 aromatic carbocycles. The zero-order valence-electron chi connectivity index (χ0n) is 30.5. The van der Waals surface area contributed by atoms with Gasteiger partial charge in [-0.05, 0) is 86.9 Å². The van der Waals surface area contributed by atoms with E-state index in [-0.39, 0.29) is 34.5 Å². The Balaban J connectivity index is 2.11. The van der Waals surface area contributed by atoms with Gasteiger partial charge in [0.2, 0.25) is 20.4 Å². The van der Waals surface area contributed by atoms with Gasteiger partial charge in [-0.3, -0.25) is 14.4 Å². The second-order valence-corrected chi connectivity index (χ2v) is 11.2. The molecule has 0 fully saturated rings. The predicted octanol–water partition coefficient (Wildman–Crippen LogP) is 5.74. The van der Waals surface area contributed by atoms with Gasteiger partial charge in [-0.15, -0.1) is 0 Å². The highest BCUT2D eigenvalue weighted by molar-refractivity contribution is 6.27. The van der Waals surface area contributed by atoms with Crippen molar-refractivity contribution in [1.29, 1.82) is 0 Å². The van der Waals surface area contributed by atoms with Crippen LogP contribution >= 0.6 is 0 Å². The number of hydrogen-bond acceptors (Lipinski definition) is 15. The summed E-state index contributed by atoms with van der Waals surface area (Å²) in [5.41, 5.74) is 0. The number of fused-ring (bicyclic) bond motifs is 6. The molecule has 0 saturated carbocycles. The number of esters is 3. The van der Waals surface area contributed by atoms with Crippen molar-refractivity contribution in [2.75, 3.05) is 40.2 Å². The summed E-state index contributed by atoms with van der Waals surface area (Å²) in [5.74, 6) is -3.41. The molecule has 0 aromatic heterocycles. The molecule has 0 aliphatic heterocycles. The van der Waals surface area contributed by atoms with Gasteiger partial charge in [0.1, 0.15) is 0 Å². The Bertz CT molecular complexity index is 2300. The minimum atomic E-state index is -0.772. The molecule has 0 heterocycles. The van der Waals surface area contributed by atoms with Crippen LogP contribution in [-0.2, 0) is 43.0 Å². The lowest BCUT2D eigenvalue weighted by Crippen LogP contribution is -2.12. The molecular weight excluding hydrogens is 744 g/mol. The summed E-state index contributed by atoms with van der Waals surface area (Å²) >= 11 is 0. The van der Waals surface area contributed by atoms with Crippen molar-refractivity contribution in [2.45, 2.75) is 0 Å². The molecule has 0 N–H and O–H groups in total. The van der Waals surface area contributed by atoms with Crippen LogP contribution in [0, 0.1) is 0 Å². The first-order chi connectivity index (χ1) is 27.5. The molecule has 15 heteroatoms.